The number of aryl methyl sites for hydroxylation is 1. The number of nitrogens with zero attached hydrogens (tertiary/aromatic N) is 5. The fraction of sp³-hybridized carbons (Fsp3) is 0.333. The van der Waals surface area contributed by atoms with Gasteiger partial charge >= 0.3 is 0 Å². The topological polar surface area (TPSA) is 36.7 Å². The Morgan fingerprint density at radius 1 is 1.21 bits per heavy atom. The summed E-state index contributed by atoms with van der Waals surface area (Å²) in [5.74, 6) is 1.00. The zero-order chi connectivity index (χ0) is 16.7. The second-order valence-corrected chi connectivity index (χ2v) is 7.03. The molecule has 0 fully saturated rings. The molecule has 1 atom stereocenters. The first-order chi connectivity index (χ1) is 11.7. The van der Waals surface area contributed by atoms with Gasteiger partial charge < -0.3 is 14.4 Å². The number of hydrogen-bond acceptors (Lipinski definition) is 5. The monoisotopic (exact) mass is 339 g/mol. The van der Waals surface area contributed by atoms with E-state index in [1.165, 1.54) is 10.6 Å². The molecule has 2 aliphatic heterocycles. The van der Waals surface area contributed by atoms with Gasteiger partial charge in [0.05, 0.1) is 24.1 Å². The van der Waals surface area contributed by atoms with Crippen molar-refractivity contribution in [1.29, 1.82) is 0 Å². The summed E-state index contributed by atoms with van der Waals surface area (Å²) in [7, 11) is 2.14. The molecule has 1 aromatic carbocycles. The SMILES string of the molecule is CCN1C=NC(=CC2Sc3ccccc3N2C)c2c1ncn2CC. The Bertz CT molecular complexity index is 823. The molecule has 1 unspecified atom stereocenters. The average molecular weight is 339 g/mol. The average Bonchev–Trinajstić information content (AvgIpc) is 3.18. The van der Waals surface area contributed by atoms with E-state index in [-0.39, 0.29) is 5.37 Å². The predicted octanol–water partition coefficient (Wildman–Crippen LogP) is 3.68. The molecule has 0 bridgehead atoms. The molecule has 0 radical (unpaired) electrons. The van der Waals surface area contributed by atoms with Crippen LogP contribution in [-0.4, -0.2) is 34.9 Å². The van der Waals surface area contributed by atoms with Crippen LogP contribution in [0.25, 0.3) is 5.70 Å². The van der Waals surface area contributed by atoms with Crippen LogP contribution in [-0.2, 0) is 6.54 Å². The van der Waals surface area contributed by atoms with E-state index in [0.717, 1.165) is 30.3 Å². The van der Waals surface area contributed by atoms with Crippen molar-refractivity contribution in [1.82, 2.24) is 9.55 Å². The molecule has 24 heavy (non-hydrogen) atoms. The zero-order valence-electron chi connectivity index (χ0n) is 14.2. The second kappa shape index (κ2) is 6.02. The van der Waals surface area contributed by atoms with E-state index in [1.807, 2.05) is 24.4 Å². The largest absolute Gasteiger partial charge is 0.358 e. The van der Waals surface area contributed by atoms with Crippen LogP contribution >= 0.6 is 11.8 Å². The van der Waals surface area contributed by atoms with Gasteiger partial charge in [-0.15, -0.1) is 0 Å². The summed E-state index contributed by atoms with van der Waals surface area (Å²) in [4.78, 5) is 15.0. The molecule has 2 aliphatic rings. The number of hydrogen-bond donors (Lipinski definition) is 0. The third kappa shape index (κ3) is 2.33. The number of anilines is 2. The van der Waals surface area contributed by atoms with Crippen molar-refractivity contribution in [3.63, 3.8) is 0 Å². The summed E-state index contributed by atoms with van der Waals surface area (Å²) in [6.45, 7) is 6.02. The van der Waals surface area contributed by atoms with Crippen LogP contribution < -0.4 is 9.80 Å². The number of thioether (sulfide) groups is 1. The van der Waals surface area contributed by atoms with Gasteiger partial charge in [-0.1, -0.05) is 23.9 Å². The maximum atomic E-state index is 4.73. The molecular weight excluding hydrogens is 318 g/mol. The minimum atomic E-state index is 0.246. The summed E-state index contributed by atoms with van der Waals surface area (Å²) >= 11 is 1.87. The first-order valence-corrected chi connectivity index (χ1v) is 9.17. The lowest BCUT2D eigenvalue weighted by Gasteiger charge is -2.24. The van der Waals surface area contributed by atoms with E-state index in [9.17, 15) is 0 Å². The van der Waals surface area contributed by atoms with Gasteiger partial charge in [-0.3, -0.25) is 0 Å². The van der Waals surface area contributed by atoms with Gasteiger partial charge in [0.1, 0.15) is 11.1 Å². The van der Waals surface area contributed by atoms with Gasteiger partial charge in [0, 0.05) is 25.0 Å². The summed E-state index contributed by atoms with van der Waals surface area (Å²) in [6.07, 6.45) is 6.06. The van der Waals surface area contributed by atoms with Gasteiger partial charge in [0.2, 0.25) is 0 Å². The quantitative estimate of drug-likeness (QED) is 0.855. The number of rotatable bonds is 3. The van der Waals surface area contributed by atoms with Gasteiger partial charge in [0.15, 0.2) is 5.82 Å². The number of para-hydroxylation sites is 1. The van der Waals surface area contributed by atoms with Gasteiger partial charge in [-0.2, -0.15) is 0 Å². The van der Waals surface area contributed by atoms with Gasteiger partial charge in [-0.25, -0.2) is 9.98 Å². The maximum absolute atomic E-state index is 4.73. The third-order valence-corrected chi connectivity index (χ3v) is 5.82. The van der Waals surface area contributed by atoms with E-state index >= 15 is 0 Å². The van der Waals surface area contributed by atoms with Crippen LogP contribution in [0.1, 0.15) is 19.5 Å². The molecule has 0 aliphatic carbocycles. The zero-order valence-corrected chi connectivity index (χ0v) is 15.0. The number of aliphatic imine (C=N–C) groups is 1. The van der Waals surface area contributed by atoms with E-state index in [1.54, 1.807) is 0 Å². The lowest BCUT2D eigenvalue weighted by molar-refractivity contribution is 0.749. The minimum Gasteiger partial charge on any atom is -0.358 e. The van der Waals surface area contributed by atoms with E-state index < -0.39 is 0 Å². The number of imidazole rings is 1. The molecule has 1 aromatic heterocycles. The van der Waals surface area contributed by atoms with Gasteiger partial charge in [0.25, 0.3) is 0 Å². The summed E-state index contributed by atoms with van der Waals surface area (Å²) < 4.78 is 2.17. The smallest absolute Gasteiger partial charge is 0.161 e. The highest BCUT2D eigenvalue weighted by Gasteiger charge is 2.28. The lowest BCUT2D eigenvalue weighted by Crippen LogP contribution is -2.26. The molecule has 2 aromatic rings. The minimum absolute atomic E-state index is 0.246. The second-order valence-electron chi connectivity index (χ2n) is 5.87. The molecule has 0 N–H and O–H groups in total. The van der Waals surface area contributed by atoms with Crippen molar-refractivity contribution in [2.45, 2.75) is 30.7 Å². The van der Waals surface area contributed by atoms with Gasteiger partial charge in [-0.05, 0) is 32.1 Å². The van der Waals surface area contributed by atoms with Crippen LogP contribution in [0.15, 0.2) is 46.6 Å². The van der Waals surface area contributed by atoms with E-state index in [2.05, 4.69) is 70.6 Å². The highest BCUT2D eigenvalue weighted by atomic mass is 32.2. The summed E-state index contributed by atoms with van der Waals surface area (Å²) in [5.41, 5.74) is 3.40. The van der Waals surface area contributed by atoms with Crippen molar-refractivity contribution in [3.05, 3.63) is 42.4 Å². The lowest BCUT2D eigenvalue weighted by atomic mass is 10.2. The molecular formula is C18H21N5S. The highest BCUT2D eigenvalue weighted by Crippen LogP contribution is 2.44. The van der Waals surface area contributed by atoms with Crippen molar-refractivity contribution < 1.29 is 0 Å². The van der Waals surface area contributed by atoms with Crippen LogP contribution in [0.4, 0.5) is 11.5 Å². The molecule has 0 amide bonds. The van der Waals surface area contributed by atoms with Crippen molar-refractivity contribution in [3.8, 4) is 0 Å². The molecule has 124 valence electrons. The van der Waals surface area contributed by atoms with E-state index in [4.69, 9.17) is 4.99 Å². The Kier molecular flexibility index (Phi) is 3.84. The number of fused-ring (bicyclic) bond motifs is 2. The van der Waals surface area contributed by atoms with Crippen molar-refractivity contribution in [2.24, 2.45) is 4.99 Å². The Morgan fingerprint density at radius 2 is 2.04 bits per heavy atom. The molecule has 3 heterocycles. The number of likely N-dealkylation sites (N-methyl/N-ethyl adjacent to an activating group) is 1. The molecule has 5 nitrogen and oxygen atoms in total. The first-order valence-electron chi connectivity index (χ1n) is 8.29. The Hall–Kier alpha value is -2.21. The Morgan fingerprint density at radius 3 is 2.79 bits per heavy atom. The highest BCUT2D eigenvalue weighted by molar-refractivity contribution is 8.00. The maximum Gasteiger partial charge on any atom is 0.161 e. The Labute approximate surface area is 146 Å². The summed E-state index contributed by atoms with van der Waals surface area (Å²) in [5, 5.41) is 0.246. The molecule has 0 saturated carbocycles. The predicted molar refractivity (Wildman–Crippen MR) is 102 cm³/mol. The van der Waals surface area contributed by atoms with Crippen LogP contribution in [0.3, 0.4) is 0 Å². The summed E-state index contributed by atoms with van der Waals surface area (Å²) in [6, 6.07) is 8.54. The van der Waals surface area contributed by atoms with Crippen molar-refractivity contribution >= 4 is 35.3 Å². The standard InChI is InChI=1S/C18H21N5S/c1-4-22-12-20-18-17(22)13(19-11-23(18)5-2)10-16-21(3)14-8-6-7-9-15(14)24-16/h6-12,16H,4-5H2,1-3H3. The molecule has 0 spiro atoms. The Balaban J connectivity index is 1.73. The van der Waals surface area contributed by atoms with E-state index in [0.29, 0.717) is 0 Å². The third-order valence-electron chi connectivity index (χ3n) is 4.53. The normalized spacial score (nSPS) is 20.6. The van der Waals surface area contributed by atoms with Crippen LogP contribution in [0.2, 0.25) is 0 Å². The number of benzene rings is 1. The molecule has 6 heteroatoms. The molecule has 4 rings (SSSR count). The first kappa shape index (κ1) is 15.3. The van der Waals surface area contributed by atoms with Crippen LogP contribution in [0.5, 0.6) is 0 Å². The number of aromatic nitrogens is 2. The molecule has 0 saturated heterocycles. The fourth-order valence-corrected chi connectivity index (χ4v) is 4.38. The fourth-order valence-electron chi connectivity index (χ4n) is 3.16. The van der Waals surface area contributed by atoms with Crippen molar-refractivity contribution in [2.75, 3.05) is 23.4 Å². The van der Waals surface area contributed by atoms with Crippen LogP contribution in [0, 0.1) is 0 Å².